The lowest BCUT2D eigenvalue weighted by atomic mass is 10.3. The van der Waals surface area contributed by atoms with Gasteiger partial charge in [0, 0.05) is 33.5 Å². The van der Waals surface area contributed by atoms with E-state index in [0.29, 0.717) is 32.0 Å². The van der Waals surface area contributed by atoms with Gasteiger partial charge in [-0.3, -0.25) is 9.59 Å². The molecule has 0 aliphatic carbocycles. The molecule has 1 heterocycles. The Morgan fingerprint density at radius 1 is 1.47 bits per heavy atom. The zero-order valence-electron chi connectivity index (χ0n) is 11.3. The minimum absolute atomic E-state index is 0.0823. The summed E-state index contributed by atoms with van der Waals surface area (Å²) in [6, 6.07) is 3.57. The molecule has 6 nitrogen and oxygen atoms in total. The van der Waals surface area contributed by atoms with Crippen molar-refractivity contribution in [3.05, 3.63) is 24.2 Å². The van der Waals surface area contributed by atoms with Crippen molar-refractivity contribution in [1.82, 2.24) is 10.2 Å². The SMILES string of the molecule is COCCNC(=O)CCN(Cc1ccco1)C(C)=O. The summed E-state index contributed by atoms with van der Waals surface area (Å²) in [5, 5.41) is 2.71. The first kappa shape index (κ1) is 15.2. The zero-order valence-corrected chi connectivity index (χ0v) is 11.3. The fourth-order valence-electron chi connectivity index (χ4n) is 1.56. The van der Waals surface area contributed by atoms with Gasteiger partial charge in [-0.15, -0.1) is 0 Å². The first-order valence-electron chi connectivity index (χ1n) is 6.17. The van der Waals surface area contributed by atoms with Gasteiger partial charge in [-0.25, -0.2) is 0 Å². The topological polar surface area (TPSA) is 71.8 Å². The number of rotatable bonds is 8. The lowest BCUT2D eigenvalue weighted by Gasteiger charge is -2.19. The Labute approximate surface area is 112 Å². The average Bonchev–Trinajstić information content (AvgIpc) is 2.87. The van der Waals surface area contributed by atoms with Crippen LogP contribution in [0.1, 0.15) is 19.1 Å². The van der Waals surface area contributed by atoms with Crippen LogP contribution in [-0.4, -0.2) is 43.5 Å². The number of amides is 2. The third kappa shape index (κ3) is 6.05. The van der Waals surface area contributed by atoms with E-state index in [4.69, 9.17) is 9.15 Å². The Kier molecular flexibility index (Phi) is 6.67. The summed E-state index contributed by atoms with van der Waals surface area (Å²) in [5.74, 6) is 0.527. The molecule has 1 N–H and O–H groups in total. The van der Waals surface area contributed by atoms with Gasteiger partial charge in [0.1, 0.15) is 5.76 Å². The first-order valence-corrected chi connectivity index (χ1v) is 6.17. The van der Waals surface area contributed by atoms with Gasteiger partial charge in [-0.05, 0) is 12.1 Å². The Balaban J connectivity index is 2.33. The van der Waals surface area contributed by atoms with E-state index in [1.807, 2.05) is 0 Å². The molecule has 19 heavy (non-hydrogen) atoms. The van der Waals surface area contributed by atoms with Crippen LogP contribution in [0.5, 0.6) is 0 Å². The van der Waals surface area contributed by atoms with Gasteiger partial charge < -0.3 is 19.4 Å². The molecule has 0 unspecified atom stereocenters. The van der Waals surface area contributed by atoms with Gasteiger partial charge in [0.25, 0.3) is 0 Å². The number of nitrogens with one attached hydrogen (secondary N) is 1. The highest BCUT2D eigenvalue weighted by Gasteiger charge is 2.12. The van der Waals surface area contributed by atoms with Crippen LogP contribution in [0.25, 0.3) is 0 Å². The highest BCUT2D eigenvalue weighted by molar-refractivity contribution is 5.77. The second-order valence-electron chi connectivity index (χ2n) is 4.11. The average molecular weight is 268 g/mol. The lowest BCUT2D eigenvalue weighted by molar-refractivity contribution is -0.130. The van der Waals surface area contributed by atoms with E-state index >= 15 is 0 Å². The molecule has 106 valence electrons. The molecule has 1 aromatic rings. The molecule has 0 spiro atoms. The second kappa shape index (κ2) is 8.31. The standard InChI is InChI=1S/C13H20N2O4/c1-11(16)15(10-12-4-3-8-19-12)7-5-13(17)14-6-9-18-2/h3-4,8H,5-7,9-10H2,1-2H3,(H,14,17). The minimum Gasteiger partial charge on any atom is -0.467 e. The summed E-state index contributed by atoms with van der Waals surface area (Å²) in [7, 11) is 1.58. The van der Waals surface area contributed by atoms with E-state index in [1.54, 1.807) is 30.4 Å². The van der Waals surface area contributed by atoms with Crippen molar-refractivity contribution in [3.8, 4) is 0 Å². The van der Waals surface area contributed by atoms with Gasteiger partial charge in [0.15, 0.2) is 0 Å². The summed E-state index contributed by atoms with van der Waals surface area (Å²) in [4.78, 5) is 24.6. The molecular weight excluding hydrogens is 248 g/mol. The van der Waals surface area contributed by atoms with Crippen molar-refractivity contribution in [2.45, 2.75) is 19.9 Å². The van der Waals surface area contributed by atoms with Gasteiger partial charge in [-0.2, -0.15) is 0 Å². The number of ether oxygens (including phenoxy) is 1. The van der Waals surface area contributed by atoms with Gasteiger partial charge >= 0.3 is 0 Å². The van der Waals surface area contributed by atoms with Crippen LogP contribution in [-0.2, 0) is 20.9 Å². The number of carbonyl (C=O) groups is 2. The van der Waals surface area contributed by atoms with Crippen molar-refractivity contribution in [3.63, 3.8) is 0 Å². The highest BCUT2D eigenvalue weighted by atomic mass is 16.5. The summed E-state index contributed by atoms with van der Waals surface area (Å²) < 4.78 is 10.0. The first-order chi connectivity index (χ1) is 9.13. The molecule has 0 saturated heterocycles. The predicted octanol–water partition coefficient (Wildman–Crippen LogP) is 0.781. The maximum atomic E-state index is 11.5. The van der Waals surface area contributed by atoms with Crippen LogP contribution in [0.2, 0.25) is 0 Å². The van der Waals surface area contributed by atoms with Crippen LogP contribution in [0.15, 0.2) is 22.8 Å². The maximum Gasteiger partial charge on any atom is 0.221 e. The van der Waals surface area contributed by atoms with E-state index < -0.39 is 0 Å². The molecule has 2 amide bonds. The molecular formula is C13H20N2O4. The predicted molar refractivity (Wildman–Crippen MR) is 69.3 cm³/mol. The van der Waals surface area contributed by atoms with Crippen molar-refractivity contribution in [1.29, 1.82) is 0 Å². The van der Waals surface area contributed by atoms with E-state index in [1.165, 1.54) is 6.92 Å². The van der Waals surface area contributed by atoms with Gasteiger partial charge in [-0.1, -0.05) is 0 Å². The van der Waals surface area contributed by atoms with Crippen molar-refractivity contribution >= 4 is 11.8 Å². The Bertz CT molecular complexity index is 389. The smallest absolute Gasteiger partial charge is 0.221 e. The third-order valence-electron chi connectivity index (χ3n) is 2.61. The fraction of sp³-hybridized carbons (Fsp3) is 0.538. The van der Waals surface area contributed by atoms with E-state index in [9.17, 15) is 9.59 Å². The van der Waals surface area contributed by atoms with Crippen LogP contribution in [0.3, 0.4) is 0 Å². The number of hydrogen-bond donors (Lipinski definition) is 1. The monoisotopic (exact) mass is 268 g/mol. The quantitative estimate of drug-likeness (QED) is 0.707. The summed E-state index contributed by atoms with van der Waals surface area (Å²) in [6.45, 7) is 3.19. The molecule has 0 aromatic carbocycles. The van der Waals surface area contributed by atoms with Crippen molar-refractivity contribution in [2.75, 3.05) is 26.8 Å². The number of methoxy groups -OCH3 is 1. The van der Waals surface area contributed by atoms with Crippen LogP contribution < -0.4 is 5.32 Å². The second-order valence-corrected chi connectivity index (χ2v) is 4.11. The molecule has 0 atom stereocenters. The minimum atomic E-state index is -0.0947. The third-order valence-corrected chi connectivity index (χ3v) is 2.61. The summed E-state index contributed by atoms with van der Waals surface area (Å²) in [6.07, 6.45) is 1.83. The largest absolute Gasteiger partial charge is 0.467 e. The van der Waals surface area contributed by atoms with Crippen LogP contribution >= 0.6 is 0 Å². The van der Waals surface area contributed by atoms with Crippen LogP contribution in [0.4, 0.5) is 0 Å². The van der Waals surface area contributed by atoms with Gasteiger partial charge in [0.2, 0.25) is 11.8 Å². The van der Waals surface area contributed by atoms with Crippen LogP contribution in [0, 0.1) is 0 Å². The maximum absolute atomic E-state index is 11.5. The molecule has 0 radical (unpaired) electrons. The molecule has 0 aliphatic heterocycles. The summed E-state index contributed by atoms with van der Waals surface area (Å²) in [5.41, 5.74) is 0. The molecule has 0 fully saturated rings. The van der Waals surface area contributed by atoms with E-state index in [0.717, 1.165) is 0 Å². The fourth-order valence-corrected chi connectivity index (χ4v) is 1.56. The molecule has 1 aromatic heterocycles. The Hall–Kier alpha value is -1.82. The van der Waals surface area contributed by atoms with Gasteiger partial charge in [0.05, 0.1) is 19.4 Å². The summed E-state index contributed by atoms with van der Waals surface area (Å²) >= 11 is 0. The number of furan rings is 1. The molecule has 0 bridgehead atoms. The molecule has 0 aliphatic rings. The number of hydrogen-bond acceptors (Lipinski definition) is 4. The molecule has 1 rings (SSSR count). The van der Waals surface area contributed by atoms with Crippen molar-refractivity contribution in [2.24, 2.45) is 0 Å². The highest BCUT2D eigenvalue weighted by Crippen LogP contribution is 2.06. The van der Waals surface area contributed by atoms with E-state index in [2.05, 4.69) is 5.32 Å². The molecule has 0 saturated carbocycles. The Morgan fingerprint density at radius 2 is 2.26 bits per heavy atom. The molecule has 6 heteroatoms. The number of nitrogens with zero attached hydrogens (tertiary/aromatic N) is 1. The van der Waals surface area contributed by atoms with Crippen molar-refractivity contribution < 1.29 is 18.7 Å². The number of carbonyl (C=O) groups excluding carboxylic acids is 2. The lowest BCUT2D eigenvalue weighted by Crippen LogP contribution is -2.34. The van der Waals surface area contributed by atoms with E-state index in [-0.39, 0.29) is 18.2 Å². The zero-order chi connectivity index (χ0) is 14.1. The normalized spacial score (nSPS) is 10.2. The Morgan fingerprint density at radius 3 is 2.84 bits per heavy atom.